The average molecular weight is 245 g/mol. The molecule has 2 rings (SSSR count). The Morgan fingerprint density at radius 1 is 1.28 bits per heavy atom. The van der Waals surface area contributed by atoms with Crippen LogP contribution < -0.4 is 0 Å². The predicted molar refractivity (Wildman–Crippen MR) is 72.8 cm³/mol. The largest absolute Gasteiger partial charge is 0.466 e. The van der Waals surface area contributed by atoms with Crippen LogP contribution in [-0.4, -0.2) is 17.6 Å². The fourth-order valence-electron chi connectivity index (χ4n) is 2.42. The molecule has 1 N–H and O–H groups in total. The lowest BCUT2D eigenvalue weighted by Crippen LogP contribution is -2.07. The monoisotopic (exact) mass is 245 g/mol. The van der Waals surface area contributed by atoms with Crippen molar-refractivity contribution in [3.63, 3.8) is 0 Å². The van der Waals surface area contributed by atoms with E-state index in [9.17, 15) is 4.79 Å². The molecule has 0 radical (unpaired) electrons. The van der Waals surface area contributed by atoms with Crippen molar-refractivity contribution in [2.45, 2.75) is 34.1 Å². The standard InChI is InChI=1S/C15H19NO2/c1-5-18-14(17)8-12-11(4)16-15-10(3)6-9(2)7-13(12)15/h6-7,16H,5,8H2,1-4H3. The molecule has 0 spiro atoms. The van der Waals surface area contributed by atoms with E-state index in [0.29, 0.717) is 13.0 Å². The Labute approximate surface area is 107 Å². The van der Waals surface area contributed by atoms with Crippen LogP contribution >= 0.6 is 0 Å². The number of carbonyl (C=O) groups is 1. The van der Waals surface area contributed by atoms with E-state index in [0.717, 1.165) is 22.2 Å². The normalized spacial score (nSPS) is 10.9. The van der Waals surface area contributed by atoms with Crippen LogP contribution in [0, 0.1) is 20.8 Å². The number of aromatic amines is 1. The van der Waals surface area contributed by atoms with E-state index in [1.54, 1.807) is 0 Å². The highest BCUT2D eigenvalue weighted by molar-refractivity contribution is 5.91. The number of carbonyl (C=O) groups excluding carboxylic acids is 1. The number of H-pyrrole nitrogens is 1. The first kappa shape index (κ1) is 12.7. The van der Waals surface area contributed by atoms with Crippen molar-refractivity contribution in [3.8, 4) is 0 Å². The van der Waals surface area contributed by atoms with Gasteiger partial charge in [0.05, 0.1) is 13.0 Å². The number of hydrogen-bond donors (Lipinski definition) is 1. The molecule has 1 heterocycles. The first-order valence-electron chi connectivity index (χ1n) is 6.27. The van der Waals surface area contributed by atoms with Crippen LogP contribution in [0.5, 0.6) is 0 Å². The second kappa shape index (κ2) is 4.84. The third kappa shape index (κ3) is 2.26. The summed E-state index contributed by atoms with van der Waals surface area (Å²) in [6.45, 7) is 8.41. The number of esters is 1. The van der Waals surface area contributed by atoms with Crippen molar-refractivity contribution in [2.24, 2.45) is 0 Å². The Balaban J connectivity index is 2.50. The fourth-order valence-corrected chi connectivity index (χ4v) is 2.42. The Morgan fingerprint density at radius 3 is 2.67 bits per heavy atom. The summed E-state index contributed by atoms with van der Waals surface area (Å²) in [6.07, 6.45) is 0.336. The molecule has 1 aromatic carbocycles. The summed E-state index contributed by atoms with van der Waals surface area (Å²) in [5.74, 6) is -0.166. The molecule has 3 heteroatoms. The highest BCUT2D eigenvalue weighted by atomic mass is 16.5. The first-order valence-corrected chi connectivity index (χ1v) is 6.27. The molecule has 0 aliphatic rings. The van der Waals surface area contributed by atoms with E-state index in [-0.39, 0.29) is 5.97 Å². The van der Waals surface area contributed by atoms with Crippen LogP contribution in [0.4, 0.5) is 0 Å². The summed E-state index contributed by atoms with van der Waals surface area (Å²) in [4.78, 5) is 15.0. The summed E-state index contributed by atoms with van der Waals surface area (Å²) in [7, 11) is 0. The van der Waals surface area contributed by atoms with Gasteiger partial charge in [-0.3, -0.25) is 4.79 Å². The maximum atomic E-state index is 11.6. The Hall–Kier alpha value is -1.77. The molecule has 3 nitrogen and oxygen atoms in total. The third-order valence-corrected chi connectivity index (χ3v) is 3.20. The van der Waals surface area contributed by atoms with Crippen molar-refractivity contribution in [2.75, 3.05) is 6.61 Å². The van der Waals surface area contributed by atoms with Gasteiger partial charge in [0.2, 0.25) is 0 Å². The fraction of sp³-hybridized carbons (Fsp3) is 0.400. The van der Waals surface area contributed by atoms with Crippen molar-refractivity contribution >= 4 is 16.9 Å². The molecular formula is C15H19NO2. The minimum atomic E-state index is -0.166. The molecule has 1 aromatic heterocycles. The molecule has 0 atom stereocenters. The number of aryl methyl sites for hydroxylation is 3. The summed E-state index contributed by atoms with van der Waals surface area (Å²) in [6, 6.07) is 4.27. The van der Waals surface area contributed by atoms with Crippen molar-refractivity contribution in [1.82, 2.24) is 4.98 Å². The van der Waals surface area contributed by atoms with Gasteiger partial charge in [-0.05, 0) is 44.9 Å². The van der Waals surface area contributed by atoms with Crippen LogP contribution in [0.3, 0.4) is 0 Å². The molecule has 0 amide bonds. The Kier molecular flexibility index (Phi) is 3.41. The predicted octanol–water partition coefficient (Wildman–Crippen LogP) is 3.20. The van der Waals surface area contributed by atoms with Crippen LogP contribution in [0.25, 0.3) is 10.9 Å². The SMILES string of the molecule is CCOC(=O)Cc1c(C)[nH]c2c(C)cc(C)cc12. The number of hydrogen-bond acceptors (Lipinski definition) is 2. The molecule has 0 fully saturated rings. The molecule has 96 valence electrons. The average Bonchev–Trinajstić information content (AvgIpc) is 2.58. The molecule has 0 saturated heterocycles. The number of ether oxygens (including phenoxy) is 1. The van der Waals surface area contributed by atoms with Gasteiger partial charge in [-0.2, -0.15) is 0 Å². The minimum absolute atomic E-state index is 0.166. The molecular weight excluding hydrogens is 226 g/mol. The van der Waals surface area contributed by atoms with E-state index in [2.05, 4.69) is 31.0 Å². The van der Waals surface area contributed by atoms with Gasteiger partial charge >= 0.3 is 5.97 Å². The lowest BCUT2D eigenvalue weighted by Gasteiger charge is -2.03. The Morgan fingerprint density at radius 2 is 2.00 bits per heavy atom. The summed E-state index contributed by atoms with van der Waals surface area (Å²) in [5.41, 5.74) is 5.65. The Bertz CT molecular complexity index is 596. The van der Waals surface area contributed by atoms with E-state index in [1.807, 2.05) is 13.8 Å². The number of rotatable bonds is 3. The van der Waals surface area contributed by atoms with Gasteiger partial charge in [0.25, 0.3) is 0 Å². The van der Waals surface area contributed by atoms with Crippen LogP contribution in [0.15, 0.2) is 12.1 Å². The molecule has 0 unspecified atom stereocenters. The summed E-state index contributed by atoms with van der Waals surface area (Å²) < 4.78 is 5.03. The van der Waals surface area contributed by atoms with Gasteiger partial charge in [-0.25, -0.2) is 0 Å². The van der Waals surface area contributed by atoms with Crippen LogP contribution in [0.1, 0.15) is 29.3 Å². The molecule has 0 bridgehead atoms. The number of benzene rings is 1. The second-order valence-corrected chi connectivity index (χ2v) is 4.71. The second-order valence-electron chi connectivity index (χ2n) is 4.71. The number of fused-ring (bicyclic) bond motifs is 1. The van der Waals surface area contributed by atoms with Gasteiger partial charge in [0.15, 0.2) is 0 Å². The molecule has 2 aromatic rings. The van der Waals surface area contributed by atoms with E-state index < -0.39 is 0 Å². The maximum Gasteiger partial charge on any atom is 0.310 e. The van der Waals surface area contributed by atoms with E-state index >= 15 is 0 Å². The lowest BCUT2D eigenvalue weighted by molar-refractivity contribution is -0.142. The van der Waals surface area contributed by atoms with Crippen molar-refractivity contribution < 1.29 is 9.53 Å². The van der Waals surface area contributed by atoms with Crippen LogP contribution in [-0.2, 0) is 16.0 Å². The summed E-state index contributed by atoms with van der Waals surface area (Å²) in [5, 5.41) is 1.14. The smallest absolute Gasteiger partial charge is 0.310 e. The molecule has 0 aliphatic heterocycles. The van der Waals surface area contributed by atoms with Crippen molar-refractivity contribution in [3.05, 3.63) is 34.5 Å². The highest BCUT2D eigenvalue weighted by Crippen LogP contribution is 2.26. The zero-order chi connectivity index (χ0) is 13.3. The third-order valence-electron chi connectivity index (χ3n) is 3.20. The molecule has 0 aliphatic carbocycles. The highest BCUT2D eigenvalue weighted by Gasteiger charge is 2.14. The quantitative estimate of drug-likeness (QED) is 0.844. The number of nitrogens with one attached hydrogen (secondary N) is 1. The van der Waals surface area contributed by atoms with E-state index in [1.165, 1.54) is 11.1 Å². The van der Waals surface area contributed by atoms with Gasteiger partial charge in [0.1, 0.15) is 0 Å². The molecule has 0 saturated carbocycles. The maximum absolute atomic E-state index is 11.6. The van der Waals surface area contributed by atoms with Gasteiger partial charge in [-0.1, -0.05) is 11.6 Å². The van der Waals surface area contributed by atoms with Gasteiger partial charge in [-0.15, -0.1) is 0 Å². The topological polar surface area (TPSA) is 42.1 Å². The molecule has 18 heavy (non-hydrogen) atoms. The zero-order valence-corrected chi connectivity index (χ0v) is 11.4. The van der Waals surface area contributed by atoms with Crippen molar-refractivity contribution in [1.29, 1.82) is 0 Å². The number of aromatic nitrogens is 1. The zero-order valence-electron chi connectivity index (χ0n) is 11.4. The van der Waals surface area contributed by atoms with E-state index in [4.69, 9.17) is 4.74 Å². The minimum Gasteiger partial charge on any atom is -0.466 e. The lowest BCUT2D eigenvalue weighted by atomic mass is 10.0. The van der Waals surface area contributed by atoms with Gasteiger partial charge < -0.3 is 9.72 Å². The summed E-state index contributed by atoms with van der Waals surface area (Å²) >= 11 is 0. The first-order chi connectivity index (χ1) is 8.52. The van der Waals surface area contributed by atoms with Crippen LogP contribution in [0.2, 0.25) is 0 Å². The van der Waals surface area contributed by atoms with Gasteiger partial charge in [0, 0.05) is 16.6 Å².